The molecule has 2 unspecified atom stereocenters. The fourth-order valence-electron chi connectivity index (χ4n) is 7.07. The summed E-state index contributed by atoms with van der Waals surface area (Å²) in [5.41, 5.74) is 0.542. The molecule has 0 saturated heterocycles. The minimum absolute atomic E-state index is 0. The Balaban J connectivity index is -0.000000246. The van der Waals surface area contributed by atoms with Gasteiger partial charge >= 0.3 is 0 Å². The molecule has 0 aromatic rings. The molecule has 0 nitrogen and oxygen atoms in total. The zero-order valence-electron chi connectivity index (χ0n) is 36.2. The van der Waals surface area contributed by atoms with Crippen molar-refractivity contribution in [3.63, 3.8) is 0 Å². The van der Waals surface area contributed by atoms with Crippen molar-refractivity contribution < 1.29 is 0 Å². The topological polar surface area (TPSA) is 0 Å². The Labute approximate surface area is 311 Å². The molecule has 0 spiro atoms. The maximum Gasteiger partial charge on any atom is -0.0385 e. The molecule has 0 heterocycles. The highest BCUT2D eigenvalue weighted by atomic mass is 14.2. The lowest BCUT2D eigenvalue weighted by Crippen LogP contribution is -2.06. The van der Waals surface area contributed by atoms with Gasteiger partial charge in [0, 0.05) is 0 Å². The zero-order chi connectivity index (χ0) is 36.2. The predicted molar refractivity (Wildman–Crippen MR) is 230 cm³/mol. The second-order valence-corrected chi connectivity index (χ2v) is 17.3. The third kappa shape index (κ3) is 46.0. The van der Waals surface area contributed by atoms with E-state index in [-0.39, 0.29) is 7.43 Å². The zero-order valence-corrected chi connectivity index (χ0v) is 36.2. The second kappa shape index (κ2) is 41.4. The molecule has 0 amide bonds. The molecule has 0 radical (unpaired) electrons. The highest BCUT2D eigenvalue weighted by molar-refractivity contribution is 4.64. The summed E-state index contributed by atoms with van der Waals surface area (Å²) in [6, 6.07) is 0. The van der Waals surface area contributed by atoms with E-state index in [9.17, 15) is 0 Å². The number of rotatable bonds is 0. The first-order valence-corrected chi connectivity index (χ1v) is 22.5. The fourth-order valence-corrected chi connectivity index (χ4v) is 7.07. The van der Waals surface area contributed by atoms with Crippen LogP contribution >= 0.6 is 0 Å². The van der Waals surface area contributed by atoms with Gasteiger partial charge < -0.3 is 0 Å². The van der Waals surface area contributed by atoms with Crippen molar-refractivity contribution in [3.8, 4) is 0 Å². The normalized spacial score (nSPS) is 23.4. The van der Waals surface area contributed by atoms with Crippen molar-refractivity contribution in [1.29, 1.82) is 0 Å². The van der Waals surface area contributed by atoms with E-state index in [1.165, 1.54) is 180 Å². The minimum atomic E-state index is 0. The molecule has 0 aromatic heterocycles. The van der Waals surface area contributed by atoms with Gasteiger partial charge in [-0.3, -0.25) is 0 Å². The van der Waals surface area contributed by atoms with Crippen LogP contribution in [0.3, 0.4) is 0 Å². The molecule has 0 N–H and O–H groups in total. The van der Waals surface area contributed by atoms with E-state index in [1.807, 2.05) is 27.7 Å². The van der Waals surface area contributed by atoms with Crippen LogP contribution in [0.2, 0.25) is 0 Å². The highest BCUT2D eigenvalue weighted by Crippen LogP contribution is 2.26. The van der Waals surface area contributed by atoms with E-state index >= 15 is 0 Å². The van der Waals surface area contributed by atoms with Crippen LogP contribution in [-0.2, 0) is 0 Å². The molecular weight excluding hydrogens is 577 g/mol. The van der Waals surface area contributed by atoms with Gasteiger partial charge in [0.1, 0.15) is 0 Å². The van der Waals surface area contributed by atoms with Gasteiger partial charge in [-0.05, 0) is 41.4 Å². The Morgan fingerprint density at radius 2 is 0.479 bits per heavy atom. The SMILES string of the molecule is C.CC.CC.CC1CCCCCC(C)C1.CC1CCCCCCC1.CC1CCCCCCC1.CC1CCCCCCC1.CCC(C)(C)C. The van der Waals surface area contributed by atoms with Crippen LogP contribution in [0.15, 0.2) is 0 Å². The Hall–Kier alpha value is 0. The summed E-state index contributed by atoms with van der Waals surface area (Å²) >= 11 is 0. The van der Waals surface area contributed by atoms with Gasteiger partial charge in [0.15, 0.2) is 0 Å². The average Bonchev–Trinajstić information content (AvgIpc) is 3.01. The van der Waals surface area contributed by atoms with Gasteiger partial charge in [0.2, 0.25) is 0 Å². The maximum absolute atomic E-state index is 2.40. The molecular formula is C48H104. The molecule has 48 heavy (non-hydrogen) atoms. The maximum atomic E-state index is 2.40. The molecule has 4 saturated carbocycles. The number of hydrogen-bond acceptors (Lipinski definition) is 0. The Morgan fingerprint density at radius 1 is 0.333 bits per heavy atom. The molecule has 0 heteroatoms. The van der Waals surface area contributed by atoms with Crippen molar-refractivity contribution in [2.24, 2.45) is 35.0 Å². The summed E-state index contributed by atoms with van der Waals surface area (Å²) in [6.45, 7) is 28.9. The predicted octanol–water partition coefficient (Wildman–Crippen LogP) is 18.8. The lowest BCUT2D eigenvalue weighted by Gasteiger charge is -2.20. The van der Waals surface area contributed by atoms with E-state index in [1.54, 1.807) is 0 Å². The molecule has 4 fully saturated rings. The quantitative estimate of drug-likeness (QED) is 0.239. The van der Waals surface area contributed by atoms with E-state index in [4.69, 9.17) is 0 Å². The lowest BCUT2D eigenvalue weighted by atomic mass is 9.86. The van der Waals surface area contributed by atoms with Crippen LogP contribution in [0, 0.1) is 35.0 Å². The molecule has 4 aliphatic rings. The standard InChI is InChI=1S/C10H20.3C9H18.C6H14.2C2H6.CH4/c1-9-6-4-3-5-7-10(2)8-9;3*1-9-7-5-3-2-4-6-8-9;1-5-6(2,3)4;2*1-2;/h9-10H,3-8H2,1-2H3;3*9H,2-8H2,1H3;5H2,1-4H3;2*1-2H3;1H4. The van der Waals surface area contributed by atoms with E-state index in [0.717, 1.165) is 29.6 Å². The van der Waals surface area contributed by atoms with Crippen LogP contribution in [0.25, 0.3) is 0 Å². The van der Waals surface area contributed by atoms with Gasteiger partial charge in [-0.1, -0.05) is 271 Å². The summed E-state index contributed by atoms with van der Waals surface area (Å²) in [7, 11) is 0. The largest absolute Gasteiger partial charge is 0.0776 e. The highest BCUT2D eigenvalue weighted by Gasteiger charge is 2.11. The molecule has 2 atom stereocenters. The first-order valence-electron chi connectivity index (χ1n) is 22.5. The minimum Gasteiger partial charge on any atom is -0.0776 e. The summed E-state index contributed by atoms with van der Waals surface area (Å²) in [5.74, 6) is 5.05. The van der Waals surface area contributed by atoms with Crippen molar-refractivity contribution in [3.05, 3.63) is 0 Å². The van der Waals surface area contributed by atoms with Crippen LogP contribution < -0.4 is 0 Å². The average molecular weight is 681 g/mol. The summed E-state index contributed by atoms with van der Waals surface area (Å²) in [4.78, 5) is 0. The molecule has 0 aromatic carbocycles. The smallest absolute Gasteiger partial charge is 0.0385 e. The lowest BCUT2D eigenvalue weighted by molar-refractivity contribution is 0.329. The van der Waals surface area contributed by atoms with Crippen molar-refractivity contribution in [2.75, 3.05) is 0 Å². The van der Waals surface area contributed by atoms with E-state index in [0.29, 0.717) is 5.41 Å². The second-order valence-electron chi connectivity index (χ2n) is 17.3. The van der Waals surface area contributed by atoms with E-state index < -0.39 is 0 Å². The van der Waals surface area contributed by atoms with E-state index in [2.05, 4.69) is 62.3 Å². The monoisotopic (exact) mass is 681 g/mol. The third-order valence-electron chi connectivity index (χ3n) is 10.9. The first-order chi connectivity index (χ1) is 22.5. The van der Waals surface area contributed by atoms with Crippen LogP contribution in [0.1, 0.15) is 277 Å². The van der Waals surface area contributed by atoms with Gasteiger partial charge in [0.25, 0.3) is 0 Å². The molecule has 4 rings (SSSR count). The van der Waals surface area contributed by atoms with Crippen LogP contribution in [0.5, 0.6) is 0 Å². The number of hydrogen-bond donors (Lipinski definition) is 0. The Kier molecular flexibility index (Phi) is 47.3. The summed E-state index contributed by atoms with van der Waals surface area (Å²) in [6.07, 6.45) is 41.4. The van der Waals surface area contributed by atoms with Gasteiger partial charge in [-0.25, -0.2) is 0 Å². The molecule has 296 valence electrons. The molecule has 4 aliphatic carbocycles. The first kappa shape index (κ1) is 54.8. The summed E-state index contributed by atoms with van der Waals surface area (Å²) in [5, 5.41) is 0. The van der Waals surface area contributed by atoms with Crippen LogP contribution in [-0.4, -0.2) is 0 Å². The van der Waals surface area contributed by atoms with Crippen molar-refractivity contribution >= 4 is 0 Å². The Morgan fingerprint density at radius 3 is 0.667 bits per heavy atom. The molecule has 0 bridgehead atoms. The summed E-state index contributed by atoms with van der Waals surface area (Å²) < 4.78 is 0. The fraction of sp³-hybridized carbons (Fsp3) is 1.00. The van der Waals surface area contributed by atoms with Gasteiger partial charge in [0.05, 0.1) is 0 Å². The van der Waals surface area contributed by atoms with Crippen molar-refractivity contribution in [1.82, 2.24) is 0 Å². The van der Waals surface area contributed by atoms with Crippen molar-refractivity contribution in [2.45, 2.75) is 277 Å². The molecule has 0 aliphatic heterocycles. The van der Waals surface area contributed by atoms with Gasteiger partial charge in [-0.15, -0.1) is 0 Å². The Bertz CT molecular complexity index is 459. The third-order valence-corrected chi connectivity index (χ3v) is 10.9. The van der Waals surface area contributed by atoms with Gasteiger partial charge in [-0.2, -0.15) is 0 Å². The van der Waals surface area contributed by atoms with Crippen LogP contribution in [0.4, 0.5) is 0 Å².